The van der Waals surface area contributed by atoms with E-state index in [0.29, 0.717) is 23.6 Å². The number of carbonyl (C=O) groups is 1. The van der Waals surface area contributed by atoms with Crippen LogP contribution in [0.2, 0.25) is 0 Å². The summed E-state index contributed by atoms with van der Waals surface area (Å²) in [7, 11) is 3.17. The van der Waals surface area contributed by atoms with Gasteiger partial charge in [0.2, 0.25) is 0 Å². The van der Waals surface area contributed by atoms with E-state index in [9.17, 15) is 4.79 Å². The van der Waals surface area contributed by atoms with Crippen molar-refractivity contribution >= 4 is 5.91 Å². The number of amides is 1. The summed E-state index contributed by atoms with van der Waals surface area (Å²) in [6.45, 7) is 2.53. The fourth-order valence-electron chi connectivity index (χ4n) is 2.46. The first kappa shape index (κ1) is 16.9. The molecule has 0 atom stereocenters. The Kier molecular flexibility index (Phi) is 6.03. The minimum Gasteiger partial charge on any atom is -0.496 e. The van der Waals surface area contributed by atoms with Crippen LogP contribution in [0.15, 0.2) is 42.5 Å². The normalized spacial score (nSPS) is 10.2. The van der Waals surface area contributed by atoms with E-state index in [2.05, 4.69) is 17.4 Å². The summed E-state index contributed by atoms with van der Waals surface area (Å²) in [5, 5.41) is 2.94. The lowest BCUT2D eigenvalue weighted by molar-refractivity contribution is 0.0952. The van der Waals surface area contributed by atoms with Gasteiger partial charge in [0.25, 0.3) is 5.91 Å². The van der Waals surface area contributed by atoms with Crippen LogP contribution in [-0.2, 0) is 6.42 Å². The van der Waals surface area contributed by atoms with E-state index in [4.69, 9.17) is 9.47 Å². The maximum atomic E-state index is 12.3. The minimum atomic E-state index is -0.116. The van der Waals surface area contributed by atoms with Crippen molar-refractivity contribution in [3.63, 3.8) is 0 Å². The molecule has 0 heterocycles. The third-order valence-electron chi connectivity index (χ3n) is 3.79. The second kappa shape index (κ2) is 8.22. The molecule has 2 aromatic carbocycles. The zero-order valence-electron chi connectivity index (χ0n) is 13.9. The highest BCUT2D eigenvalue weighted by Crippen LogP contribution is 2.29. The number of carbonyl (C=O) groups excluding carboxylic acids is 1. The summed E-state index contributed by atoms with van der Waals surface area (Å²) >= 11 is 0. The van der Waals surface area contributed by atoms with Gasteiger partial charge in [-0.05, 0) is 37.5 Å². The van der Waals surface area contributed by atoms with Gasteiger partial charge in [-0.2, -0.15) is 0 Å². The van der Waals surface area contributed by atoms with Crippen molar-refractivity contribution in [2.24, 2.45) is 0 Å². The average molecular weight is 313 g/mol. The Balaban J connectivity index is 1.93. The third-order valence-corrected chi connectivity index (χ3v) is 3.79. The Morgan fingerprint density at radius 3 is 2.22 bits per heavy atom. The van der Waals surface area contributed by atoms with E-state index in [1.807, 2.05) is 25.1 Å². The van der Waals surface area contributed by atoms with Crippen LogP contribution in [-0.4, -0.2) is 26.7 Å². The van der Waals surface area contributed by atoms with Crippen LogP contribution in [0.3, 0.4) is 0 Å². The van der Waals surface area contributed by atoms with E-state index in [-0.39, 0.29) is 5.91 Å². The van der Waals surface area contributed by atoms with E-state index < -0.39 is 0 Å². The first-order valence-electron chi connectivity index (χ1n) is 7.70. The van der Waals surface area contributed by atoms with Gasteiger partial charge in [-0.15, -0.1) is 0 Å². The van der Waals surface area contributed by atoms with Gasteiger partial charge >= 0.3 is 0 Å². The van der Waals surface area contributed by atoms with Gasteiger partial charge in [0.15, 0.2) is 0 Å². The Hall–Kier alpha value is -2.49. The largest absolute Gasteiger partial charge is 0.496 e. The number of hydrogen-bond donors (Lipinski definition) is 1. The molecular formula is C19H23NO3. The van der Waals surface area contributed by atoms with Crippen LogP contribution in [0.4, 0.5) is 0 Å². The van der Waals surface area contributed by atoms with Gasteiger partial charge < -0.3 is 14.8 Å². The van der Waals surface area contributed by atoms with E-state index in [1.54, 1.807) is 26.4 Å². The number of hydrogen-bond acceptors (Lipinski definition) is 3. The van der Waals surface area contributed by atoms with Gasteiger partial charge in [0, 0.05) is 17.7 Å². The molecule has 0 aliphatic carbocycles. The molecule has 0 aliphatic rings. The van der Waals surface area contributed by atoms with Crippen molar-refractivity contribution < 1.29 is 14.3 Å². The van der Waals surface area contributed by atoms with Gasteiger partial charge in [-0.1, -0.05) is 30.3 Å². The van der Waals surface area contributed by atoms with Crippen molar-refractivity contribution in [1.29, 1.82) is 0 Å². The lowest BCUT2D eigenvalue weighted by atomic mass is 10.1. The molecule has 0 saturated carbocycles. The Labute approximate surface area is 137 Å². The Morgan fingerprint density at radius 1 is 1.04 bits per heavy atom. The minimum absolute atomic E-state index is 0.116. The zero-order chi connectivity index (χ0) is 16.7. The topological polar surface area (TPSA) is 47.6 Å². The zero-order valence-corrected chi connectivity index (χ0v) is 13.9. The molecule has 2 aromatic rings. The van der Waals surface area contributed by atoms with Crippen LogP contribution < -0.4 is 14.8 Å². The first-order chi connectivity index (χ1) is 11.2. The second-order valence-corrected chi connectivity index (χ2v) is 5.35. The number of ether oxygens (including phenoxy) is 2. The van der Waals surface area contributed by atoms with Crippen LogP contribution in [0.5, 0.6) is 11.5 Å². The van der Waals surface area contributed by atoms with Crippen LogP contribution in [0, 0.1) is 6.92 Å². The number of nitrogens with one attached hydrogen (secondary N) is 1. The van der Waals surface area contributed by atoms with Crippen LogP contribution >= 0.6 is 0 Å². The van der Waals surface area contributed by atoms with Gasteiger partial charge in [-0.25, -0.2) is 0 Å². The standard InChI is InChI=1S/C19H23NO3/c1-14-17(22-2)12-16(13-18(14)23-3)19(21)20-11-7-10-15-8-5-4-6-9-15/h4-6,8-9,12-13H,7,10-11H2,1-3H3,(H,20,21). The highest BCUT2D eigenvalue weighted by atomic mass is 16.5. The summed E-state index contributed by atoms with van der Waals surface area (Å²) in [5.41, 5.74) is 2.71. The number of aryl methyl sites for hydroxylation is 1. The van der Waals surface area contributed by atoms with Crippen molar-refractivity contribution in [2.45, 2.75) is 19.8 Å². The highest BCUT2D eigenvalue weighted by molar-refractivity contribution is 5.95. The molecule has 0 spiro atoms. The SMILES string of the molecule is COc1cc(C(=O)NCCCc2ccccc2)cc(OC)c1C. The van der Waals surface area contributed by atoms with Crippen molar-refractivity contribution in [3.8, 4) is 11.5 Å². The first-order valence-corrected chi connectivity index (χ1v) is 7.70. The molecule has 0 unspecified atom stereocenters. The van der Waals surface area contributed by atoms with Gasteiger partial charge in [0.1, 0.15) is 11.5 Å². The molecule has 23 heavy (non-hydrogen) atoms. The molecule has 122 valence electrons. The van der Waals surface area contributed by atoms with E-state index in [1.165, 1.54) is 5.56 Å². The quantitative estimate of drug-likeness (QED) is 0.797. The predicted molar refractivity (Wildman–Crippen MR) is 91.4 cm³/mol. The molecule has 0 aromatic heterocycles. The Morgan fingerprint density at radius 2 is 1.65 bits per heavy atom. The molecule has 0 radical (unpaired) electrons. The second-order valence-electron chi connectivity index (χ2n) is 5.35. The summed E-state index contributed by atoms with van der Waals surface area (Å²) in [6.07, 6.45) is 1.84. The molecule has 0 saturated heterocycles. The fourth-order valence-corrected chi connectivity index (χ4v) is 2.46. The molecule has 0 aliphatic heterocycles. The third kappa shape index (κ3) is 4.49. The molecule has 0 fully saturated rings. The maximum absolute atomic E-state index is 12.3. The van der Waals surface area contributed by atoms with E-state index >= 15 is 0 Å². The number of methoxy groups -OCH3 is 2. The average Bonchev–Trinajstić information content (AvgIpc) is 2.59. The number of benzene rings is 2. The van der Waals surface area contributed by atoms with E-state index in [0.717, 1.165) is 18.4 Å². The molecule has 1 amide bonds. The van der Waals surface area contributed by atoms with Gasteiger partial charge in [0.05, 0.1) is 14.2 Å². The lowest BCUT2D eigenvalue weighted by Gasteiger charge is -2.12. The summed E-state index contributed by atoms with van der Waals surface area (Å²) in [6, 6.07) is 13.7. The fraction of sp³-hybridized carbons (Fsp3) is 0.316. The van der Waals surface area contributed by atoms with Crippen molar-refractivity contribution in [2.75, 3.05) is 20.8 Å². The predicted octanol–water partition coefficient (Wildman–Crippen LogP) is 3.37. The van der Waals surface area contributed by atoms with Crippen molar-refractivity contribution in [3.05, 3.63) is 59.2 Å². The van der Waals surface area contributed by atoms with Crippen molar-refractivity contribution in [1.82, 2.24) is 5.32 Å². The monoisotopic (exact) mass is 313 g/mol. The molecule has 4 heteroatoms. The van der Waals surface area contributed by atoms with Crippen LogP contribution in [0.25, 0.3) is 0 Å². The smallest absolute Gasteiger partial charge is 0.251 e. The maximum Gasteiger partial charge on any atom is 0.251 e. The lowest BCUT2D eigenvalue weighted by Crippen LogP contribution is -2.25. The molecule has 4 nitrogen and oxygen atoms in total. The summed E-state index contributed by atoms with van der Waals surface area (Å²) < 4.78 is 10.6. The highest BCUT2D eigenvalue weighted by Gasteiger charge is 2.13. The molecule has 1 N–H and O–H groups in total. The Bertz CT molecular complexity index is 628. The summed E-state index contributed by atoms with van der Waals surface area (Å²) in [4.78, 5) is 12.3. The molecule has 0 bridgehead atoms. The number of rotatable bonds is 7. The van der Waals surface area contributed by atoms with Crippen LogP contribution in [0.1, 0.15) is 27.9 Å². The van der Waals surface area contributed by atoms with Gasteiger partial charge in [-0.3, -0.25) is 4.79 Å². The summed E-state index contributed by atoms with van der Waals surface area (Å²) in [5.74, 6) is 1.19. The molecular weight excluding hydrogens is 290 g/mol. The molecule has 2 rings (SSSR count).